The average Bonchev–Trinajstić information content (AvgIpc) is 3.13. The van der Waals surface area contributed by atoms with Gasteiger partial charge in [-0.3, -0.25) is 4.79 Å². The van der Waals surface area contributed by atoms with Crippen molar-refractivity contribution in [3.8, 4) is 0 Å². The molecule has 3 rings (SSSR count). The molecule has 11 nitrogen and oxygen atoms in total. The van der Waals surface area contributed by atoms with E-state index in [0.717, 1.165) is 43.9 Å². The second kappa shape index (κ2) is 12.2. The fraction of sp³-hybridized carbons (Fsp3) is 0.750. The van der Waals surface area contributed by atoms with E-state index in [1.165, 1.54) is 4.90 Å². The second-order valence-electron chi connectivity index (χ2n) is 8.14. The first-order valence-electron chi connectivity index (χ1n) is 11.0. The van der Waals surface area contributed by atoms with E-state index in [-0.39, 0.29) is 54.6 Å². The van der Waals surface area contributed by atoms with Gasteiger partial charge in [0.2, 0.25) is 5.91 Å². The Balaban J connectivity index is 0.00000363. The molecule has 0 spiro atoms. The average molecular weight is 562 g/mol. The van der Waals surface area contributed by atoms with Crippen molar-refractivity contribution in [3.05, 3.63) is 11.6 Å². The quantitative estimate of drug-likeness (QED) is 0.316. The maximum Gasteiger partial charge on any atom is 0.409 e. The summed E-state index contributed by atoms with van der Waals surface area (Å²) in [5, 5.41) is 11.4. The summed E-state index contributed by atoms with van der Waals surface area (Å²) in [7, 11) is 3.44. The first-order valence-corrected chi connectivity index (χ1v) is 11.0. The van der Waals surface area contributed by atoms with Crippen molar-refractivity contribution >= 4 is 41.9 Å². The molecular formula is C20H35IN8O3. The number of guanidine groups is 1. The minimum Gasteiger partial charge on any atom is -0.450 e. The van der Waals surface area contributed by atoms with Crippen molar-refractivity contribution in [1.82, 2.24) is 35.2 Å². The van der Waals surface area contributed by atoms with Crippen LogP contribution in [0.3, 0.4) is 0 Å². The highest BCUT2D eigenvalue weighted by Gasteiger charge is 2.27. The Morgan fingerprint density at radius 2 is 1.91 bits per heavy atom. The van der Waals surface area contributed by atoms with E-state index in [1.807, 2.05) is 18.5 Å². The number of aromatic nitrogens is 3. The predicted octanol–water partition coefficient (Wildman–Crippen LogP) is 1.28. The Bertz CT molecular complexity index is 805. The molecule has 32 heavy (non-hydrogen) atoms. The van der Waals surface area contributed by atoms with Crippen LogP contribution < -0.4 is 10.6 Å². The van der Waals surface area contributed by atoms with Crippen LogP contribution in [0.2, 0.25) is 0 Å². The minimum absolute atomic E-state index is 0. The van der Waals surface area contributed by atoms with E-state index in [9.17, 15) is 9.59 Å². The van der Waals surface area contributed by atoms with E-state index in [1.54, 1.807) is 19.0 Å². The summed E-state index contributed by atoms with van der Waals surface area (Å²) < 4.78 is 7.04. The molecule has 1 fully saturated rings. The molecule has 0 radical (unpaired) electrons. The van der Waals surface area contributed by atoms with Gasteiger partial charge in [-0.1, -0.05) is 0 Å². The first-order chi connectivity index (χ1) is 14.9. The molecule has 0 saturated carbocycles. The van der Waals surface area contributed by atoms with Gasteiger partial charge < -0.3 is 25.2 Å². The Labute approximate surface area is 206 Å². The van der Waals surface area contributed by atoms with Gasteiger partial charge in [0, 0.05) is 39.8 Å². The number of fused-ring (bicyclic) bond motifs is 1. The van der Waals surface area contributed by atoms with Crippen LogP contribution in [-0.4, -0.2) is 88.9 Å². The number of nitrogens with zero attached hydrogens (tertiary/aromatic N) is 6. The third kappa shape index (κ3) is 6.94. The van der Waals surface area contributed by atoms with Gasteiger partial charge in [-0.15, -0.1) is 24.0 Å². The summed E-state index contributed by atoms with van der Waals surface area (Å²) in [5.41, 5.74) is 0. The summed E-state index contributed by atoms with van der Waals surface area (Å²) in [6.07, 6.45) is 3.21. The molecule has 3 heterocycles. The maximum absolute atomic E-state index is 12.1. The van der Waals surface area contributed by atoms with E-state index in [4.69, 9.17) is 4.74 Å². The number of likely N-dealkylation sites (N-methyl/N-ethyl adjacent to an activating group) is 1. The van der Waals surface area contributed by atoms with Crippen LogP contribution in [-0.2, 0) is 16.1 Å². The molecule has 180 valence electrons. The lowest BCUT2D eigenvalue weighted by atomic mass is 10.1. The summed E-state index contributed by atoms with van der Waals surface area (Å²) in [4.78, 5) is 36.4. The number of carbonyl (C=O) groups excluding carboxylic acids is 2. The molecule has 2 N–H and O–H groups in total. The van der Waals surface area contributed by atoms with Crippen LogP contribution in [0.1, 0.15) is 50.3 Å². The lowest BCUT2D eigenvalue weighted by Crippen LogP contribution is -2.51. The normalized spacial score (nSPS) is 18.9. The van der Waals surface area contributed by atoms with Gasteiger partial charge in [0.25, 0.3) is 0 Å². The highest BCUT2D eigenvalue weighted by atomic mass is 127. The number of ether oxygens (including phenoxy) is 1. The van der Waals surface area contributed by atoms with E-state index in [0.29, 0.717) is 25.7 Å². The highest BCUT2D eigenvalue weighted by Crippen LogP contribution is 2.23. The van der Waals surface area contributed by atoms with Crippen LogP contribution >= 0.6 is 24.0 Å². The molecule has 0 aromatic carbocycles. The molecule has 2 aliphatic rings. The third-order valence-corrected chi connectivity index (χ3v) is 5.52. The summed E-state index contributed by atoms with van der Waals surface area (Å²) >= 11 is 0. The molecule has 1 unspecified atom stereocenters. The topological polar surface area (TPSA) is 117 Å². The molecule has 2 aliphatic heterocycles. The zero-order valence-corrected chi connectivity index (χ0v) is 21.7. The number of rotatable bonds is 5. The molecule has 1 atom stereocenters. The summed E-state index contributed by atoms with van der Waals surface area (Å²) in [6.45, 7) is 6.24. The number of nitrogens with one attached hydrogen (secondary N) is 2. The summed E-state index contributed by atoms with van der Waals surface area (Å²) in [5.74, 6) is 2.17. The van der Waals surface area contributed by atoms with Crippen molar-refractivity contribution < 1.29 is 14.3 Å². The third-order valence-electron chi connectivity index (χ3n) is 5.52. The number of aliphatic imine (C=N–C) groups is 1. The number of aryl methyl sites for hydroxylation is 2. The van der Waals surface area contributed by atoms with Gasteiger partial charge in [0.05, 0.1) is 12.6 Å². The molecule has 12 heteroatoms. The Kier molecular flexibility index (Phi) is 9.97. The lowest BCUT2D eigenvalue weighted by molar-refractivity contribution is -0.127. The number of amides is 2. The van der Waals surface area contributed by atoms with E-state index < -0.39 is 0 Å². The van der Waals surface area contributed by atoms with Gasteiger partial charge in [-0.25, -0.2) is 19.5 Å². The minimum atomic E-state index is -0.263. The van der Waals surface area contributed by atoms with E-state index >= 15 is 0 Å². The van der Waals surface area contributed by atoms with Gasteiger partial charge in [-0.2, -0.15) is 5.10 Å². The zero-order chi connectivity index (χ0) is 22.4. The largest absolute Gasteiger partial charge is 0.450 e. The number of likely N-dealkylation sites (tertiary alicyclic amines) is 1. The molecule has 0 bridgehead atoms. The molecule has 1 saturated heterocycles. The van der Waals surface area contributed by atoms with Gasteiger partial charge >= 0.3 is 6.09 Å². The number of piperidine rings is 1. The lowest BCUT2D eigenvalue weighted by Gasteiger charge is -2.33. The predicted molar refractivity (Wildman–Crippen MR) is 131 cm³/mol. The van der Waals surface area contributed by atoms with Gasteiger partial charge in [-0.05, 0) is 39.5 Å². The number of carbonyl (C=O) groups is 2. The highest BCUT2D eigenvalue weighted by molar-refractivity contribution is 14.0. The standard InChI is InChI=1S/C20H34N8O3.HI/c1-5-31-20(30)27-11-8-15(9-12-27)23-19(21-13-17(29)26(3)4)24-16-7-6-10-28-18(16)22-14(2)25-28;/h15-16H,5-13H2,1-4H3,(H2,21,23,24);1H. The Morgan fingerprint density at radius 3 is 2.56 bits per heavy atom. The smallest absolute Gasteiger partial charge is 0.409 e. The Hall–Kier alpha value is -2.12. The molecular weight excluding hydrogens is 527 g/mol. The molecule has 1 aromatic rings. The zero-order valence-electron chi connectivity index (χ0n) is 19.3. The van der Waals surface area contributed by atoms with Crippen LogP contribution in [0.25, 0.3) is 0 Å². The van der Waals surface area contributed by atoms with Gasteiger partial charge in [0.1, 0.15) is 18.2 Å². The molecule has 1 aromatic heterocycles. The maximum atomic E-state index is 12.1. The van der Waals surface area contributed by atoms with Crippen molar-refractivity contribution in [2.75, 3.05) is 40.3 Å². The molecule has 0 aliphatic carbocycles. The van der Waals surface area contributed by atoms with Crippen LogP contribution in [0, 0.1) is 6.92 Å². The van der Waals surface area contributed by atoms with E-state index in [2.05, 4.69) is 25.7 Å². The fourth-order valence-electron chi connectivity index (χ4n) is 3.81. The first kappa shape index (κ1) is 26.1. The number of halogens is 1. The fourth-order valence-corrected chi connectivity index (χ4v) is 3.81. The summed E-state index contributed by atoms with van der Waals surface area (Å²) in [6, 6.07) is 0.130. The number of hydrogen-bond donors (Lipinski definition) is 2. The monoisotopic (exact) mass is 562 g/mol. The van der Waals surface area contributed by atoms with Crippen molar-refractivity contribution in [2.45, 2.75) is 58.2 Å². The number of hydrogen-bond acceptors (Lipinski definition) is 6. The van der Waals surface area contributed by atoms with Gasteiger partial charge in [0.15, 0.2) is 5.96 Å². The second-order valence-corrected chi connectivity index (χ2v) is 8.14. The van der Waals surface area contributed by atoms with Crippen molar-refractivity contribution in [2.24, 2.45) is 4.99 Å². The van der Waals surface area contributed by atoms with Crippen molar-refractivity contribution in [3.63, 3.8) is 0 Å². The van der Waals surface area contributed by atoms with Crippen molar-refractivity contribution in [1.29, 1.82) is 0 Å². The molecule has 2 amide bonds. The van der Waals surface area contributed by atoms with Crippen LogP contribution in [0.4, 0.5) is 4.79 Å². The van der Waals surface area contributed by atoms with Crippen LogP contribution in [0.5, 0.6) is 0 Å². The van der Waals surface area contributed by atoms with Crippen LogP contribution in [0.15, 0.2) is 4.99 Å². The SMILES string of the molecule is CCOC(=O)N1CCC(NC(=NCC(=O)N(C)C)NC2CCCn3nc(C)nc32)CC1.I. The Morgan fingerprint density at radius 1 is 1.19 bits per heavy atom.